The molecule has 1 aromatic rings. The molecule has 0 radical (unpaired) electrons. The van der Waals surface area contributed by atoms with Gasteiger partial charge in [-0.05, 0) is 26.2 Å². The molecule has 0 N–H and O–H groups in total. The fourth-order valence-electron chi connectivity index (χ4n) is 2.10. The van der Waals surface area contributed by atoms with E-state index in [0.717, 1.165) is 24.8 Å². The molecule has 1 atom stereocenters. The molecule has 2 rings (SSSR count). The Hall–Kier alpha value is -1.65. The number of carbonyl (C=O) groups is 1. The van der Waals surface area contributed by atoms with Crippen molar-refractivity contribution >= 4 is 5.78 Å². The zero-order valence-corrected chi connectivity index (χ0v) is 10.4. The number of carbonyl (C=O) groups excluding carboxylic acids is 1. The summed E-state index contributed by atoms with van der Waals surface area (Å²) in [5.74, 6) is 0.901. The zero-order chi connectivity index (χ0) is 12.4. The number of hydrogen-bond acceptors (Lipinski definition) is 5. The third-order valence-corrected chi connectivity index (χ3v) is 2.83. The highest BCUT2D eigenvalue weighted by Gasteiger charge is 2.32. The molecule has 0 aliphatic heterocycles. The first kappa shape index (κ1) is 11.8. The minimum Gasteiger partial charge on any atom is -0.383 e. The molecule has 1 aliphatic rings. The van der Waals surface area contributed by atoms with Crippen molar-refractivity contribution < 1.29 is 9.32 Å². The summed E-state index contributed by atoms with van der Waals surface area (Å²) in [5, 5.41) is 3.74. The zero-order valence-electron chi connectivity index (χ0n) is 10.4. The summed E-state index contributed by atoms with van der Waals surface area (Å²) < 4.78 is 5.10. The van der Waals surface area contributed by atoms with Gasteiger partial charge in [0.25, 0.3) is 0 Å². The van der Waals surface area contributed by atoms with E-state index >= 15 is 0 Å². The first-order valence-corrected chi connectivity index (χ1v) is 5.79. The molecule has 1 saturated carbocycles. The number of Topliss-reactive ketones (excluding diaryl/α,β-unsaturated/α-hetero) is 1. The van der Waals surface area contributed by atoms with Crippen molar-refractivity contribution in [1.82, 2.24) is 15.0 Å². The number of hydrogen-bond donors (Lipinski definition) is 0. The van der Waals surface area contributed by atoms with E-state index in [2.05, 4.69) is 10.1 Å². The van der Waals surface area contributed by atoms with Gasteiger partial charge in [-0.3, -0.25) is 4.79 Å². The van der Waals surface area contributed by atoms with Gasteiger partial charge in [-0.2, -0.15) is 4.98 Å². The molecule has 0 spiro atoms. The van der Waals surface area contributed by atoms with Crippen LogP contribution in [0.25, 0.3) is 0 Å². The molecule has 0 saturated heterocycles. The van der Waals surface area contributed by atoms with Crippen molar-refractivity contribution in [1.29, 1.82) is 0 Å². The second kappa shape index (κ2) is 4.69. The Morgan fingerprint density at radius 2 is 2.24 bits per heavy atom. The lowest BCUT2D eigenvalue weighted by atomic mass is 9.84. The quantitative estimate of drug-likeness (QED) is 0.730. The van der Waals surface area contributed by atoms with Gasteiger partial charge in [0.05, 0.1) is 0 Å². The second-order valence-electron chi connectivity index (χ2n) is 4.61. The highest BCUT2D eigenvalue weighted by Crippen LogP contribution is 2.32. The van der Waals surface area contributed by atoms with E-state index in [1.807, 2.05) is 25.2 Å². The molecule has 5 heteroatoms. The topological polar surface area (TPSA) is 59.2 Å². The van der Waals surface area contributed by atoms with Crippen molar-refractivity contribution in [2.24, 2.45) is 0 Å². The lowest BCUT2D eigenvalue weighted by Crippen LogP contribution is -2.22. The van der Waals surface area contributed by atoms with Gasteiger partial charge in [-0.15, -0.1) is 0 Å². The van der Waals surface area contributed by atoms with Crippen LogP contribution in [0.4, 0.5) is 0 Å². The lowest BCUT2D eigenvalue weighted by molar-refractivity contribution is -0.118. The lowest BCUT2D eigenvalue weighted by Gasteiger charge is -2.21. The normalized spacial score (nSPS) is 23.1. The maximum atomic E-state index is 12.2. The van der Waals surface area contributed by atoms with Crippen molar-refractivity contribution in [2.45, 2.75) is 32.1 Å². The van der Waals surface area contributed by atoms with E-state index in [1.165, 1.54) is 0 Å². The van der Waals surface area contributed by atoms with Crippen LogP contribution < -0.4 is 0 Å². The molecule has 1 unspecified atom stereocenters. The molecular formula is C12H17N3O2. The minimum atomic E-state index is -0.254. The molecule has 1 aliphatic carbocycles. The van der Waals surface area contributed by atoms with Crippen LogP contribution >= 0.6 is 0 Å². The predicted octanol–water partition coefficient (Wildman–Crippen LogP) is 1.66. The van der Waals surface area contributed by atoms with Crippen LogP contribution in [0.5, 0.6) is 0 Å². The first-order valence-electron chi connectivity index (χ1n) is 5.79. The van der Waals surface area contributed by atoms with Gasteiger partial charge in [0, 0.05) is 25.9 Å². The van der Waals surface area contributed by atoms with Gasteiger partial charge in [-0.25, -0.2) is 0 Å². The van der Waals surface area contributed by atoms with E-state index < -0.39 is 0 Å². The first-order chi connectivity index (χ1) is 8.08. The predicted molar refractivity (Wildman–Crippen MR) is 62.4 cm³/mol. The van der Waals surface area contributed by atoms with Crippen LogP contribution in [0, 0.1) is 6.92 Å². The summed E-state index contributed by atoms with van der Waals surface area (Å²) in [6.45, 7) is 1.76. The fraction of sp³-hybridized carbons (Fsp3) is 0.583. The smallest absolute Gasteiger partial charge is 0.237 e. The van der Waals surface area contributed by atoms with Crippen LogP contribution in [-0.4, -0.2) is 34.9 Å². The average molecular weight is 235 g/mol. The standard InChI is InChI=1S/C12H17N3O2/c1-8-13-12(17-14-8)10-6-4-5-9(11(10)16)7-15(2)3/h7,10H,4-6H2,1-3H3/b9-7-. The molecular weight excluding hydrogens is 218 g/mol. The van der Waals surface area contributed by atoms with Gasteiger partial charge >= 0.3 is 0 Å². The number of ketones is 1. The Bertz CT molecular complexity index is 448. The molecule has 0 bridgehead atoms. The molecule has 0 amide bonds. The Morgan fingerprint density at radius 3 is 2.82 bits per heavy atom. The van der Waals surface area contributed by atoms with Crippen LogP contribution in [-0.2, 0) is 4.79 Å². The maximum Gasteiger partial charge on any atom is 0.237 e. The fourth-order valence-corrected chi connectivity index (χ4v) is 2.10. The summed E-state index contributed by atoms with van der Waals surface area (Å²) in [6.07, 6.45) is 4.50. The highest BCUT2D eigenvalue weighted by atomic mass is 16.5. The van der Waals surface area contributed by atoms with Crippen LogP contribution in [0.3, 0.4) is 0 Å². The van der Waals surface area contributed by atoms with Crippen LogP contribution in [0.2, 0.25) is 0 Å². The Balaban J connectivity index is 2.22. The van der Waals surface area contributed by atoms with E-state index in [1.54, 1.807) is 6.92 Å². The molecule has 92 valence electrons. The molecule has 17 heavy (non-hydrogen) atoms. The molecule has 0 aromatic carbocycles. The highest BCUT2D eigenvalue weighted by molar-refractivity contribution is 6.00. The van der Waals surface area contributed by atoms with Gasteiger partial charge in [0.15, 0.2) is 11.6 Å². The van der Waals surface area contributed by atoms with Gasteiger partial charge in [0.1, 0.15) is 5.92 Å². The van der Waals surface area contributed by atoms with E-state index in [4.69, 9.17) is 4.52 Å². The van der Waals surface area contributed by atoms with Crippen LogP contribution in [0.1, 0.15) is 36.9 Å². The van der Waals surface area contributed by atoms with E-state index in [0.29, 0.717) is 11.7 Å². The summed E-state index contributed by atoms with van der Waals surface area (Å²) in [5.41, 5.74) is 0.849. The van der Waals surface area contributed by atoms with E-state index in [-0.39, 0.29) is 11.7 Å². The number of allylic oxidation sites excluding steroid dienone is 1. The third-order valence-electron chi connectivity index (χ3n) is 2.83. The summed E-state index contributed by atoms with van der Waals surface area (Å²) in [6, 6.07) is 0. The largest absolute Gasteiger partial charge is 0.383 e. The number of aryl methyl sites for hydroxylation is 1. The molecule has 5 nitrogen and oxygen atoms in total. The van der Waals surface area contributed by atoms with E-state index in [9.17, 15) is 4.79 Å². The monoisotopic (exact) mass is 235 g/mol. The number of aromatic nitrogens is 2. The average Bonchev–Trinajstić information content (AvgIpc) is 2.67. The SMILES string of the molecule is Cc1noc(C2CCC/C(=C/N(C)C)C2=O)n1. The van der Waals surface area contributed by atoms with Crippen molar-refractivity contribution in [3.05, 3.63) is 23.5 Å². The molecule has 1 aromatic heterocycles. The van der Waals surface area contributed by atoms with Gasteiger partial charge < -0.3 is 9.42 Å². The van der Waals surface area contributed by atoms with Gasteiger partial charge in [0.2, 0.25) is 5.89 Å². The Labute approximate surface area is 100 Å². The summed E-state index contributed by atoms with van der Waals surface area (Å²) in [7, 11) is 3.83. The number of nitrogens with zero attached hydrogens (tertiary/aromatic N) is 3. The third kappa shape index (κ3) is 2.54. The summed E-state index contributed by atoms with van der Waals surface area (Å²) in [4.78, 5) is 18.3. The van der Waals surface area contributed by atoms with Crippen molar-refractivity contribution in [3.8, 4) is 0 Å². The number of rotatable bonds is 2. The van der Waals surface area contributed by atoms with Crippen molar-refractivity contribution in [2.75, 3.05) is 14.1 Å². The van der Waals surface area contributed by atoms with Crippen LogP contribution in [0.15, 0.2) is 16.3 Å². The Morgan fingerprint density at radius 1 is 1.47 bits per heavy atom. The van der Waals surface area contributed by atoms with Gasteiger partial charge in [-0.1, -0.05) is 5.16 Å². The van der Waals surface area contributed by atoms with Crippen molar-refractivity contribution in [3.63, 3.8) is 0 Å². The Kier molecular flexibility index (Phi) is 3.26. The summed E-state index contributed by atoms with van der Waals surface area (Å²) >= 11 is 0. The maximum absolute atomic E-state index is 12.2. The molecule has 1 heterocycles. The minimum absolute atomic E-state index is 0.119. The second-order valence-corrected chi connectivity index (χ2v) is 4.61. The molecule has 1 fully saturated rings.